The van der Waals surface area contributed by atoms with E-state index < -0.39 is 5.66 Å². The van der Waals surface area contributed by atoms with Crippen LogP contribution in [0.5, 0.6) is 0 Å². The third kappa shape index (κ3) is 3.03. The van der Waals surface area contributed by atoms with Crippen molar-refractivity contribution in [1.29, 1.82) is 0 Å². The zero-order valence-corrected chi connectivity index (χ0v) is 13.6. The Morgan fingerprint density at radius 1 is 1.04 bits per heavy atom. The molecule has 0 bridgehead atoms. The van der Waals surface area contributed by atoms with Gasteiger partial charge in [-0.2, -0.15) is 0 Å². The highest BCUT2D eigenvalue weighted by atomic mass is 16.5. The molecule has 3 rings (SSSR count). The second-order valence-corrected chi connectivity index (χ2v) is 5.78. The Balaban J connectivity index is 2.08. The number of nitrogens with one attached hydrogen (secondary N) is 1. The summed E-state index contributed by atoms with van der Waals surface area (Å²) in [5, 5.41) is 2.85. The van der Waals surface area contributed by atoms with E-state index in [0.29, 0.717) is 18.7 Å². The summed E-state index contributed by atoms with van der Waals surface area (Å²) in [6, 6.07) is 18.6. The van der Waals surface area contributed by atoms with E-state index >= 15 is 0 Å². The molecule has 1 aliphatic rings. The normalized spacial score (nSPS) is 20.5. The van der Waals surface area contributed by atoms with Crippen LogP contribution < -0.4 is 10.2 Å². The molecule has 1 aliphatic heterocycles. The van der Waals surface area contributed by atoms with Gasteiger partial charge in [0.05, 0.1) is 13.2 Å². The summed E-state index contributed by atoms with van der Waals surface area (Å²) in [4.78, 5) is 27.1. The largest absolute Gasteiger partial charge is 0.375 e. The van der Waals surface area contributed by atoms with Crippen LogP contribution in [-0.4, -0.2) is 37.1 Å². The van der Waals surface area contributed by atoms with Gasteiger partial charge in [-0.05, 0) is 12.1 Å². The number of para-hydroxylation sites is 1. The molecule has 1 atom stereocenters. The Kier molecular flexibility index (Phi) is 4.62. The second-order valence-electron chi connectivity index (χ2n) is 5.78. The maximum atomic E-state index is 13.3. The average molecular weight is 324 g/mol. The SMILES string of the molecule is CC(=O)NC1(C(=O)c2ccccc2)COCCN1c1ccccc1. The molecule has 24 heavy (non-hydrogen) atoms. The minimum Gasteiger partial charge on any atom is -0.375 e. The molecule has 124 valence electrons. The van der Waals surface area contributed by atoms with E-state index in [-0.39, 0.29) is 18.3 Å². The number of morpholine rings is 1. The summed E-state index contributed by atoms with van der Waals surface area (Å²) in [5.74, 6) is -0.451. The van der Waals surface area contributed by atoms with E-state index in [1.165, 1.54) is 6.92 Å². The van der Waals surface area contributed by atoms with E-state index in [9.17, 15) is 9.59 Å². The Morgan fingerprint density at radius 2 is 1.67 bits per heavy atom. The Bertz CT molecular complexity index is 718. The topological polar surface area (TPSA) is 58.6 Å². The van der Waals surface area contributed by atoms with Crippen LogP contribution in [0.3, 0.4) is 0 Å². The number of hydrogen-bond donors (Lipinski definition) is 1. The van der Waals surface area contributed by atoms with Crippen LogP contribution in [0.4, 0.5) is 5.69 Å². The molecule has 1 amide bonds. The molecular formula is C19H20N2O3. The van der Waals surface area contributed by atoms with E-state index in [1.54, 1.807) is 12.1 Å². The molecule has 0 aromatic heterocycles. The van der Waals surface area contributed by atoms with Gasteiger partial charge in [0.15, 0.2) is 0 Å². The lowest BCUT2D eigenvalue weighted by atomic mass is 9.94. The monoisotopic (exact) mass is 324 g/mol. The molecule has 1 heterocycles. The van der Waals surface area contributed by atoms with Gasteiger partial charge < -0.3 is 15.0 Å². The van der Waals surface area contributed by atoms with Crippen LogP contribution in [0.1, 0.15) is 17.3 Å². The van der Waals surface area contributed by atoms with Crippen LogP contribution in [-0.2, 0) is 9.53 Å². The van der Waals surface area contributed by atoms with Crippen LogP contribution in [0, 0.1) is 0 Å². The van der Waals surface area contributed by atoms with Gasteiger partial charge >= 0.3 is 0 Å². The predicted octanol–water partition coefficient (Wildman–Crippen LogP) is 2.24. The van der Waals surface area contributed by atoms with E-state index in [1.807, 2.05) is 53.4 Å². The molecular weight excluding hydrogens is 304 g/mol. The van der Waals surface area contributed by atoms with Crippen molar-refractivity contribution in [3.8, 4) is 0 Å². The highest BCUT2D eigenvalue weighted by Crippen LogP contribution is 2.28. The van der Waals surface area contributed by atoms with Gasteiger partial charge in [0, 0.05) is 24.7 Å². The Hall–Kier alpha value is -2.66. The third-order valence-electron chi connectivity index (χ3n) is 4.09. The summed E-state index contributed by atoms with van der Waals surface area (Å²) in [6.45, 7) is 2.54. The van der Waals surface area contributed by atoms with Crippen LogP contribution in [0.2, 0.25) is 0 Å². The Labute approximate surface area is 141 Å². The molecule has 5 nitrogen and oxygen atoms in total. The van der Waals surface area contributed by atoms with Crippen molar-refractivity contribution in [3.05, 3.63) is 66.2 Å². The van der Waals surface area contributed by atoms with E-state index in [2.05, 4.69) is 5.32 Å². The van der Waals surface area contributed by atoms with Gasteiger partial charge in [-0.25, -0.2) is 0 Å². The number of hydrogen-bond acceptors (Lipinski definition) is 4. The molecule has 1 N–H and O–H groups in total. The lowest BCUT2D eigenvalue weighted by molar-refractivity contribution is -0.121. The van der Waals surface area contributed by atoms with Crippen molar-refractivity contribution in [3.63, 3.8) is 0 Å². The number of benzene rings is 2. The molecule has 2 aromatic rings. The fraction of sp³-hybridized carbons (Fsp3) is 0.263. The molecule has 2 aromatic carbocycles. The molecule has 0 radical (unpaired) electrons. The summed E-state index contributed by atoms with van der Waals surface area (Å²) in [6.07, 6.45) is 0. The standard InChI is InChI=1S/C19H20N2O3/c1-15(22)20-19(18(23)16-8-4-2-5-9-16)14-24-13-12-21(19)17-10-6-3-7-11-17/h2-11H,12-14H2,1H3,(H,20,22). The van der Waals surface area contributed by atoms with Crippen molar-refractivity contribution < 1.29 is 14.3 Å². The van der Waals surface area contributed by atoms with Gasteiger partial charge in [-0.1, -0.05) is 48.5 Å². The van der Waals surface area contributed by atoms with E-state index in [4.69, 9.17) is 4.74 Å². The fourth-order valence-corrected chi connectivity index (χ4v) is 3.07. The molecule has 0 aliphatic carbocycles. The lowest BCUT2D eigenvalue weighted by Gasteiger charge is -2.47. The molecule has 0 saturated carbocycles. The van der Waals surface area contributed by atoms with Gasteiger partial charge in [0.25, 0.3) is 0 Å². The number of Topliss-reactive ketones (excluding diaryl/α,β-unsaturated/α-hetero) is 1. The predicted molar refractivity (Wildman–Crippen MR) is 91.9 cm³/mol. The van der Waals surface area contributed by atoms with Crippen LogP contribution >= 0.6 is 0 Å². The maximum Gasteiger partial charge on any atom is 0.219 e. The van der Waals surface area contributed by atoms with Gasteiger partial charge in [-0.15, -0.1) is 0 Å². The molecule has 0 spiro atoms. The minimum atomic E-state index is -1.24. The first-order valence-corrected chi connectivity index (χ1v) is 7.92. The zero-order valence-electron chi connectivity index (χ0n) is 13.6. The third-order valence-corrected chi connectivity index (χ3v) is 4.09. The number of amides is 1. The maximum absolute atomic E-state index is 13.3. The first kappa shape index (κ1) is 16.2. The van der Waals surface area contributed by atoms with Crippen molar-refractivity contribution in [2.45, 2.75) is 12.6 Å². The molecule has 5 heteroatoms. The van der Waals surface area contributed by atoms with Crippen molar-refractivity contribution in [2.75, 3.05) is 24.7 Å². The highest BCUT2D eigenvalue weighted by Gasteiger charge is 2.47. The van der Waals surface area contributed by atoms with Crippen LogP contribution in [0.15, 0.2) is 60.7 Å². The first-order chi connectivity index (χ1) is 11.6. The summed E-state index contributed by atoms with van der Waals surface area (Å²) in [7, 11) is 0. The molecule has 1 saturated heterocycles. The zero-order chi connectivity index (χ0) is 17.0. The number of nitrogens with zero attached hydrogens (tertiary/aromatic N) is 1. The fourth-order valence-electron chi connectivity index (χ4n) is 3.07. The van der Waals surface area contributed by atoms with Crippen LogP contribution in [0.25, 0.3) is 0 Å². The number of carbonyl (C=O) groups excluding carboxylic acids is 2. The van der Waals surface area contributed by atoms with E-state index in [0.717, 1.165) is 5.69 Å². The summed E-state index contributed by atoms with van der Waals surface area (Å²) < 4.78 is 5.60. The number of rotatable bonds is 4. The average Bonchev–Trinajstić information content (AvgIpc) is 2.62. The summed E-state index contributed by atoms with van der Waals surface area (Å²) >= 11 is 0. The van der Waals surface area contributed by atoms with Gasteiger partial charge in [0.1, 0.15) is 0 Å². The highest BCUT2D eigenvalue weighted by molar-refractivity contribution is 6.07. The first-order valence-electron chi connectivity index (χ1n) is 7.92. The summed E-state index contributed by atoms with van der Waals surface area (Å²) in [5.41, 5.74) is 0.170. The quantitative estimate of drug-likeness (QED) is 0.876. The second kappa shape index (κ2) is 6.84. The molecule has 1 fully saturated rings. The minimum absolute atomic E-state index is 0.106. The number of anilines is 1. The van der Waals surface area contributed by atoms with Crippen molar-refractivity contribution >= 4 is 17.4 Å². The number of ether oxygens (including phenoxy) is 1. The van der Waals surface area contributed by atoms with Gasteiger partial charge in [0.2, 0.25) is 17.4 Å². The van der Waals surface area contributed by atoms with Gasteiger partial charge in [-0.3, -0.25) is 9.59 Å². The smallest absolute Gasteiger partial charge is 0.219 e. The number of ketones is 1. The number of carbonyl (C=O) groups is 2. The van der Waals surface area contributed by atoms with Crippen molar-refractivity contribution in [2.24, 2.45) is 0 Å². The molecule has 1 unspecified atom stereocenters. The lowest BCUT2D eigenvalue weighted by Crippen LogP contribution is -2.71. The van der Waals surface area contributed by atoms with Crippen molar-refractivity contribution in [1.82, 2.24) is 5.32 Å². The Morgan fingerprint density at radius 3 is 2.29 bits per heavy atom.